The quantitative estimate of drug-likeness (QED) is 0.761. The van der Waals surface area contributed by atoms with Crippen LogP contribution in [0.5, 0.6) is 0 Å². The molecule has 1 fully saturated rings. The number of ketones is 1. The Kier molecular flexibility index (Phi) is 4.13. The van der Waals surface area contributed by atoms with Crippen LogP contribution in [0.4, 0.5) is 0 Å². The molecule has 0 aliphatic heterocycles. The Hall–Kier alpha value is -1.37. The van der Waals surface area contributed by atoms with Crippen LogP contribution < -0.4 is 0 Å². The molecule has 17 heavy (non-hydrogen) atoms. The third-order valence-electron chi connectivity index (χ3n) is 3.61. The molecular formula is C16H20O. The highest BCUT2D eigenvalue weighted by molar-refractivity contribution is 5.84. The van der Waals surface area contributed by atoms with Crippen molar-refractivity contribution in [1.82, 2.24) is 0 Å². The molecule has 2 rings (SSSR count). The molecule has 1 heteroatoms. The van der Waals surface area contributed by atoms with Gasteiger partial charge in [0, 0.05) is 11.8 Å². The molecule has 0 N–H and O–H groups in total. The van der Waals surface area contributed by atoms with Crippen LogP contribution >= 0.6 is 0 Å². The maximum absolute atomic E-state index is 11.9. The normalized spacial score (nSPS) is 25.4. The Labute approximate surface area is 104 Å². The predicted molar refractivity (Wildman–Crippen MR) is 71.6 cm³/mol. The molecule has 1 saturated carbocycles. The lowest BCUT2D eigenvalue weighted by Gasteiger charge is -2.24. The Morgan fingerprint density at radius 3 is 2.76 bits per heavy atom. The predicted octanol–water partition coefficient (Wildman–Crippen LogP) is 4.10. The first-order valence-electron chi connectivity index (χ1n) is 6.52. The van der Waals surface area contributed by atoms with Crippen LogP contribution in [0.25, 0.3) is 6.08 Å². The lowest BCUT2D eigenvalue weighted by molar-refractivity contribution is -0.128. The van der Waals surface area contributed by atoms with Crippen LogP contribution in [0.1, 0.15) is 38.2 Å². The van der Waals surface area contributed by atoms with Crippen LogP contribution in [0, 0.1) is 11.8 Å². The van der Waals surface area contributed by atoms with Crippen LogP contribution in [-0.4, -0.2) is 5.78 Å². The minimum Gasteiger partial charge on any atom is -0.299 e. The van der Waals surface area contributed by atoms with E-state index in [1.165, 1.54) is 12.0 Å². The minimum atomic E-state index is 0.263. The molecule has 0 bridgehead atoms. The third-order valence-corrected chi connectivity index (χ3v) is 3.61. The fraction of sp³-hybridized carbons (Fsp3) is 0.438. The van der Waals surface area contributed by atoms with Gasteiger partial charge in [-0.1, -0.05) is 55.8 Å². The summed E-state index contributed by atoms with van der Waals surface area (Å²) in [5.74, 6) is 1.01. The largest absolute Gasteiger partial charge is 0.299 e. The minimum absolute atomic E-state index is 0.263. The second-order valence-electron chi connectivity index (χ2n) is 4.98. The fourth-order valence-corrected chi connectivity index (χ4v) is 2.52. The fourth-order valence-electron chi connectivity index (χ4n) is 2.52. The summed E-state index contributed by atoms with van der Waals surface area (Å²) in [5.41, 5.74) is 1.21. The summed E-state index contributed by atoms with van der Waals surface area (Å²) in [6.45, 7) is 2.06. The zero-order valence-corrected chi connectivity index (χ0v) is 10.4. The van der Waals surface area contributed by atoms with E-state index >= 15 is 0 Å². The molecule has 1 aromatic carbocycles. The SMILES string of the molecule is CC1CCCC(CC=Cc2ccccc2)C1=O. The summed E-state index contributed by atoms with van der Waals surface area (Å²) < 4.78 is 0. The molecule has 1 nitrogen and oxygen atoms in total. The Morgan fingerprint density at radius 1 is 1.24 bits per heavy atom. The summed E-state index contributed by atoms with van der Waals surface area (Å²) >= 11 is 0. The Morgan fingerprint density at radius 2 is 2.00 bits per heavy atom. The van der Waals surface area contributed by atoms with Gasteiger partial charge < -0.3 is 0 Å². The second kappa shape index (κ2) is 5.81. The van der Waals surface area contributed by atoms with Gasteiger partial charge in [-0.3, -0.25) is 4.79 Å². The summed E-state index contributed by atoms with van der Waals surface area (Å²) in [5, 5.41) is 0. The summed E-state index contributed by atoms with van der Waals surface area (Å²) in [6.07, 6.45) is 8.53. The van der Waals surface area contributed by atoms with Gasteiger partial charge in [0.2, 0.25) is 0 Å². The van der Waals surface area contributed by atoms with E-state index in [9.17, 15) is 4.79 Å². The van der Waals surface area contributed by atoms with Gasteiger partial charge in [0.05, 0.1) is 0 Å². The van der Waals surface area contributed by atoms with Crippen molar-refractivity contribution in [2.75, 3.05) is 0 Å². The number of Topliss-reactive ketones (excluding diaryl/α,β-unsaturated/α-hetero) is 1. The molecule has 0 spiro atoms. The van der Waals surface area contributed by atoms with Crippen molar-refractivity contribution in [3.05, 3.63) is 42.0 Å². The first-order valence-corrected chi connectivity index (χ1v) is 6.52. The highest BCUT2D eigenvalue weighted by atomic mass is 16.1. The molecular weight excluding hydrogens is 208 g/mol. The van der Waals surface area contributed by atoms with E-state index < -0.39 is 0 Å². The number of hydrogen-bond donors (Lipinski definition) is 0. The molecule has 1 aromatic rings. The van der Waals surface area contributed by atoms with Crippen molar-refractivity contribution in [3.8, 4) is 0 Å². The van der Waals surface area contributed by atoms with E-state index in [1.807, 2.05) is 18.2 Å². The van der Waals surface area contributed by atoms with Gasteiger partial charge in [0.25, 0.3) is 0 Å². The molecule has 0 aromatic heterocycles. The van der Waals surface area contributed by atoms with Crippen molar-refractivity contribution in [2.45, 2.75) is 32.6 Å². The molecule has 0 radical (unpaired) electrons. The van der Waals surface area contributed by atoms with Gasteiger partial charge in [-0.15, -0.1) is 0 Å². The van der Waals surface area contributed by atoms with Crippen molar-refractivity contribution in [1.29, 1.82) is 0 Å². The number of benzene rings is 1. The topological polar surface area (TPSA) is 17.1 Å². The zero-order chi connectivity index (χ0) is 12.1. The monoisotopic (exact) mass is 228 g/mol. The van der Waals surface area contributed by atoms with Crippen molar-refractivity contribution in [2.24, 2.45) is 11.8 Å². The van der Waals surface area contributed by atoms with Gasteiger partial charge in [-0.2, -0.15) is 0 Å². The average Bonchev–Trinajstić information content (AvgIpc) is 2.36. The second-order valence-corrected chi connectivity index (χ2v) is 4.98. The molecule has 90 valence electrons. The summed E-state index contributed by atoms with van der Waals surface area (Å²) in [6, 6.07) is 10.3. The highest BCUT2D eigenvalue weighted by Crippen LogP contribution is 2.28. The maximum atomic E-state index is 11.9. The smallest absolute Gasteiger partial charge is 0.139 e. The Balaban J connectivity index is 1.89. The van der Waals surface area contributed by atoms with Crippen molar-refractivity contribution < 1.29 is 4.79 Å². The summed E-state index contributed by atoms with van der Waals surface area (Å²) in [4.78, 5) is 11.9. The highest BCUT2D eigenvalue weighted by Gasteiger charge is 2.26. The van der Waals surface area contributed by atoms with Gasteiger partial charge in [-0.05, 0) is 24.8 Å². The first-order chi connectivity index (χ1) is 8.27. The van der Waals surface area contributed by atoms with Gasteiger partial charge in [-0.25, -0.2) is 0 Å². The number of rotatable bonds is 3. The number of carbonyl (C=O) groups excluding carboxylic acids is 1. The molecule has 0 saturated heterocycles. The molecule has 0 heterocycles. The van der Waals surface area contributed by atoms with Crippen molar-refractivity contribution in [3.63, 3.8) is 0 Å². The molecule has 0 amide bonds. The van der Waals surface area contributed by atoms with Crippen LogP contribution in [0.2, 0.25) is 0 Å². The molecule has 1 aliphatic rings. The van der Waals surface area contributed by atoms with E-state index in [2.05, 4.69) is 31.2 Å². The third kappa shape index (κ3) is 3.29. The maximum Gasteiger partial charge on any atom is 0.139 e. The van der Waals surface area contributed by atoms with Crippen molar-refractivity contribution >= 4 is 11.9 Å². The van der Waals surface area contributed by atoms with Crippen LogP contribution in [-0.2, 0) is 4.79 Å². The molecule has 2 atom stereocenters. The Bertz CT molecular complexity index is 391. The number of hydrogen-bond acceptors (Lipinski definition) is 1. The van der Waals surface area contributed by atoms with Crippen LogP contribution in [0.15, 0.2) is 36.4 Å². The lowest BCUT2D eigenvalue weighted by atomic mass is 9.79. The first kappa shape index (κ1) is 12.1. The summed E-state index contributed by atoms with van der Waals surface area (Å²) in [7, 11) is 0. The van der Waals surface area contributed by atoms with Gasteiger partial charge in [0.1, 0.15) is 5.78 Å². The number of carbonyl (C=O) groups is 1. The van der Waals surface area contributed by atoms with Crippen LogP contribution in [0.3, 0.4) is 0 Å². The van der Waals surface area contributed by atoms with Gasteiger partial charge >= 0.3 is 0 Å². The average molecular weight is 228 g/mol. The molecule has 2 unspecified atom stereocenters. The van der Waals surface area contributed by atoms with Gasteiger partial charge in [0.15, 0.2) is 0 Å². The van der Waals surface area contributed by atoms with E-state index in [0.717, 1.165) is 19.3 Å². The molecule has 1 aliphatic carbocycles. The number of allylic oxidation sites excluding steroid dienone is 1. The van der Waals surface area contributed by atoms with E-state index in [4.69, 9.17) is 0 Å². The van der Waals surface area contributed by atoms with E-state index in [0.29, 0.717) is 5.78 Å². The lowest BCUT2D eigenvalue weighted by Crippen LogP contribution is -2.25. The standard InChI is InChI=1S/C16H20O/c1-13-7-5-11-15(16(13)17)12-6-10-14-8-3-2-4-9-14/h2-4,6,8-10,13,15H,5,7,11-12H2,1H3. The zero-order valence-electron chi connectivity index (χ0n) is 10.4. The van der Waals surface area contributed by atoms with E-state index in [1.54, 1.807) is 0 Å². The van der Waals surface area contributed by atoms with E-state index in [-0.39, 0.29) is 11.8 Å².